The van der Waals surface area contributed by atoms with Crippen molar-refractivity contribution >= 4 is 34.8 Å². The van der Waals surface area contributed by atoms with Crippen LogP contribution < -0.4 is 16.0 Å². The zero-order chi connectivity index (χ0) is 19.6. The fourth-order valence-electron chi connectivity index (χ4n) is 2.42. The number of amides is 2. The molecule has 27 heavy (non-hydrogen) atoms. The predicted molar refractivity (Wildman–Crippen MR) is 110 cm³/mol. The fraction of sp³-hybridized carbons (Fsp3) is 0.250. The Morgan fingerprint density at radius 3 is 2.59 bits per heavy atom. The van der Waals surface area contributed by atoms with Crippen molar-refractivity contribution in [2.75, 3.05) is 25.6 Å². The number of nitrogens with one attached hydrogen (secondary N) is 3. The predicted octanol–water partition coefficient (Wildman–Crippen LogP) is 2.89. The number of benzene rings is 2. The lowest BCUT2D eigenvalue weighted by molar-refractivity contribution is 0.0947. The Morgan fingerprint density at radius 1 is 1.07 bits per heavy atom. The standard InChI is InChI=1S/C20H23N3O3S/c1-14-7-5-8-15(13-14)18(24)23-20(27)22-17-10-4-3-9-16(17)19(25)21-11-6-12-26-2/h3-5,7-10,13H,6,11-12H2,1-2H3,(H,21,25)(H2,22,23,24,27). The third-order valence-electron chi connectivity index (χ3n) is 3.74. The van der Waals surface area contributed by atoms with Crippen LogP contribution in [0.4, 0.5) is 5.69 Å². The molecule has 6 nitrogen and oxygen atoms in total. The van der Waals surface area contributed by atoms with E-state index >= 15 is 0 Å². The van der Waals surface area contributed by atoms with E-state index in [4.69, 9.17) is 17.0 Å². The van der Waals surface area contributed by atoms with Gasteiger partial charge in [-0.05, 0) is 49.8 Å². The van der Waals surface area contributed by atoms with Gasteiger partial charge in [0.15, 0.2) is 5.11 Å². The molecule has 0 radical (unpaired) electrons. The monoisotopic (exact) mass is 385 g/mol. The molecule has 2 aromatic carbocycles. The number of anilines is 1. The molecule has 0 aromatic heterocycles. The molecule has 7 heteroatoms. The van der Waals surface area contributed by atoms with E-state index in [1.807, 2.05) is 19.1 Å². The quantitative estimate of drug-likeness (QED) is 0.505. The van der Waals surface area contributed by atoms with E-state index in [1.54, 1.807) is 43.5 Å². The van der Waals surface area contributed by atoms with Gasteiger partial charge in [-0.15, -0.1) is 0 Å². The van der Waals surface area contributed by atoms with Crippen molar-refractivity contribution in [2.24, 2.45) is 0 Å². The summed E-state index contributed by atoms with van der Waals surface area (Å²) in [5.41, 5.74) is 2.47. The topological polar surface area (TPSA) is 79.5 Å². The Kier molecular flexibility index (Phi) is 7.91. The Hall–Kier alpha value is -2.77. The number of hydrogen-bond donors (Lipinski definition) is 3. The first kappa shape index (κ1) is 20.5. The van der Waals surface area contributed by atoms with Gasteiger partial charge in [0.25, 0.3) is 11.8 Å². The van der Waals surface area contributed by atoms with Crippen molar-refractivity contribution in [3.8, 4) is 0 Å². The molecule has 2 amide bonds. The molecule has 0 saturated carbocycles. The Labute approximate surface area is 164 Å². The molecule has 0 atom stereocenters. The van der Waals surface area contributed by atoms with E-state index in [1.165, 1.54) is 0 Å². The van der Waals surface area contributed by atoms with Crippen LogP contribution in [0.3, 0.4) is 0 Å². The van der Waals surface area contributed by atoms with Gasteiger partial charge in [0.1, 0.15) is 0 Å². The zero-order valence-electron chi connectivity index (χ0n) is 15.4. The third-order valence-corrected chi connectivity index (χ3v) is 3.94. The lowest BCUT2D eigenvalue weighted by Crippen LogP contribution is -2.35. The summed E-state index contributed by atoms with van der Waals surface area (Å²) in [4.78, 5) is 24.7. The molecule has 2 rings (SSSR count). The first-order valence-corrected chi connectivity index (χ1v) is 8.97. The van der Waals surface area contributed by atoms with Crippen molar-refractivity contribution in [3.05, 3.63) is 65.2 Å². The second kappa shape index (κ2) is 10.4. The summed E-state index contributed by atoms with van der Waals surface area (Å²) in [6.45, 7) is 3.00. The number of rotatable bonds is 7. The van der Waals surface area contributed by atoms with Gasteiger partial charge in [-0.2, -0.15) is 0 Å². The maximum Gasteiger partial charge on any atom is 0.257 e. The third kappa shape index (κ3) is 6.47. The molecule has 0 heterocycles. The average Bonchev–Trinajstić information content (AvgIpc) is 2.65. The molecule has 0 aliphatic heterocycles. The highest BCUT2D eigenvalue weighted by Crippen LogP contribution is 2.15. The Bertz CT molecular complexity index is 824. The van der Waals surface area contributed by atoms with Crippen LogP contribution in [-0.2, 0) is 4.74 Å². The number of methoxy groups -OCH3 is 1. The molecule has 3 N–H and O–H groups in total. The highest BCUT2D eigenvalue weighted by Gasteiger charge is 2.13. The Balaban J connectivity index is 1.99. The van der Waals surface area contributed by atoms with E-state index in [-0.39, 0.29) is 16.9 Å². The second-order valence-electron chi connectivity index (χ2n) is 5.93. The minimum absolute atomic E-state index is 0.126. The summed E-state index contributed by atoms with van der Waals surface area (Å²) in [6.07, 6.45) is 0.725. The van der Waals surface area contributed by atoms with Gasteiger partial charge in [0, 0.05) is 25.8 Å². The summed E-state index contributed by atoms with van der Waals surface area (Å²) in [7, 11) is 1.62. The van der Waals surface area contributed by atoms with Crippen molar-refractivity contribution in [3.63, 3.8) is 0 Å². The largest absolute Gasteiger partial charge is 0.385 e. The Morgan fingerprint density at radius 2 is 1.85 bits per heavy atom. The zero-order valence-corrected chi connectivity index (χ0v) is 16.2. The molecule has 0 bridgehead atoms. The summed E-state index contributed by atoms with van der Waals surface area (Å²) < 4.78 is 4.97. The lowest BCUT2D eigenvalue weighted by atomic mass is 10.1. The highest BCUT2D eigenvalue weighted by atomic mass is 32.1. The summed E-state index contributed by atoms with van der Waals surface area (Å²) in [5, 5.41) is 8.51. The highest BCUT2D eigenvalue weighted by molar-refractivity contribution is 7.80. The van der Waals surface area contributed by atoms with Gasteiger partial charge in [-0.3, -0.25) is 14.9 Å². The van der Waals surface area contributed by atoms with Gasteiger partial charge in [0.2, 0.25) is 0 Å². The minimum Gasteiger partial charge on any atom is -0.385 e. The van der Waals surface area contributed by atoms with Gasteiger partial charge >= 0.3 is 0 Å². The normalized spacial score (nSPS) is 10.1. The number of para-hydroxylation sites is 1. The summed E-state index contributed by atoms with van der Waals surface area (Å²) in [5.74, 6) is -0.528. The number of carbonyl (C=O) groups is 2. The van der Waals surface area contributed by atoms with Crippen LogP contribution >= 0.6 is 12.2 Å². The number of aryl methyl sites for hydroxylation is 1. The molecule has 0 spiro atoms. The van der Waals surface area contributed by atoms with Crippen molar-refractivity contribution in [2.45, 2.75) is 13.3 Å². The maximum atomic E-state index is 12.4. The number of ether oxygens (including phenoxy) is 1. The van der Waals surface area contributed by atoms with Crippen molar-refractivity contribution in [1.29, 1.82) is 0 Å². The molecular formula is C20H23N3O3S. The number of carbonyl (C=O) groups excluding carboxylic acids is 2. The van der Waals surface area contributed by atoms with E-state index < -0.39 is 0 Å². The first-order valence-electron chi connectivity index (χ1n) is 8.56. The average molecular weight is 385 g/mol. The van der Waals surface area contributed by atoms with Gasteiger partial charge in [-0.1, -0.05) is 29.8 Å². The van der Waals surface area contributed by atoms with E-state index in [9.17, 15) is 9.59 Å². The molecular weight excluding hydrogens is 362 g/mol. The molecule has 142 valence electrons. The van der Waals surface area contributed by atoms with Crippen LogP contribution in [0.1, 0.15) is 32.7 Å². The van der Waals surface area contributed by atoms with Crippen LogP contribution in [0.2, 0.25) is 0 Å². The van der Waals surface area contributed by atoms with Crippen LogP contribution in [0, 0.1) is 6.92 Å². The molecule has 0 aliphatic carbocycles. The summed E-state index contributed by atoms with van der Waals surface area (Å²) in [6, 6.07) is 14.2. The van der Waals surface area contributed by atoms with Crippen molar-refractivity contribution in [1.82, 2.24) is 10.6 Å². The minimum atomic E-state index is -0.308. The van der Waals surface area contributed by atoms with E-state index in [0.29, 0.717) is 30.0 Å². The van der Waals surface area contributed by atoms with Crippen LogP contribution in [0.5, 0.6) is 0 Å². The SMILES string of the molecule is COCCCNC(=O)c1ccccc1NC(=S)NC(=O)c1cccc(C)c1. The number of hydrogen-bond acceptors (Lipinski definition) is 4. The van der Waals surface area contributed by atoms with Gasteiger partial charge in [0.05, 0.1) is 11.3 Å². The molecule has 0 saturated heterocycles. The van der Waals surface area contributed by atoms with Crippen LogP contribution in [0.15, 0.2) is 48.5 Å². The van der Waals surface area contributed by atoms with Crippen LogP contribution in [0.25, 0.3) is 0 Å². The van der Waals surface area contributed by atoms with Crippen LogP contribution in [-0.4, -0.2) is 37.2 Å². The maximum absolute atomic E-state index is 12.4. The lowest BCUT2D eigenvalue weighted by Gasteiger charge is -2.13. The van der Waals surface area contributed by atoms with Gasteiger partial charge < -0.3 is 15.4 Å². The van der Waals surface area contributed by atoms with E-state index in [0.717, 1.165) is 12.0 Å². The smallest absolute Gasteiger partial charge is 0.257 e. The summed E-state index contributed by atoms with van der Waals surface area (Å²) >= 11 is 5.22. The van der Waals surface area contributed by atoms with E-state index in [2.05, 4.69) is 16.0 Å². The molecule has 0 aliphatic rings. The number of thiocarbonyl (C=S) groups is 1. The molecule has 0 unspecified atom stereocenters. The molecule has 0 fully saturated rings. The van der Waals surface area contributed by atoms with Gasteiger partial charge in [-0.25, -0.2) is 0 Å². The molecule has 2 aromatic rings. The second-order valence-corrected chi connectivity index (χ2v) is 6.33. The first-order chi connectivity index (χ1) is 13.0. The fourth-order valence-corrected chi connectivity index (χ4v) is 2.62. The van der Waals surface area contributed by atoms with Crippen molar-refractivity contribution < 1.29 is 14.3 Å².